The number of hydrogen-bond acceptors (Lipinski definition) is 7. The van der Waals surface area contributed by atoms with Gasteiger partial charge in [-0.05, 0) is 54.2 Å². The molecular weight excluding hydrogens is 346 g/mol. The Bertz CT molecular complexity index is 275. The lowest BCUT2D eigenvalue weighted by Crippen LogP contribution is -2.64. The molecule has 0 rings (SSSR count). The maximum atomic E-state index is 7.67. The molecule has 9 heteroatoms. The van der Waals surface area contributed by atoms with E-state index >= 15 is 0 Å². The van der Waals surface area contributed by atoms with Crippen LogP contribution in [0.1, 0.15) is 48.0 Å². The van der Waals surface area contributed by atoms with Crippen LogP contribution < -0.4 is 0 Å². The van der Waals surface area contributed by atoms with Crippen molar-refractivity contribution in [2.75, 3.05) is 39.6 Å². The summed E-state index contributed by atoms with van der Waals surface area (Å²) in [4.78, 5) is 0. The summed E-state index contributed by atoms with van der Waals surface area (Å²) >= 11 is 0. The average molecular weight is 382 g/mol. The van der Waals surface area contributed by atoms with Crippen LogP contribution in [0, 0.1) is 5.41 Å². The topological polar surface area (TPSA) is 79.2 Å². The summed E-state index contributed by atoms with van der Waals surface area (Å²) in [6, 6.07) is 0. The van der Waals surface area contributed by atoms with Crippen molar-refractivity contribution in [3.63, 3.8) is 0 Å². The molecule has 0 aromatic heterocycles. The molecule has 0 heterocycles. The van der Waals surface area contributed by atoms with E-state index in [0.717, 1.165) is 0 Å². The molecule has 0 amide bonds. The van der Waals surface area contributed by atoms with Crippen LogP contribution in [0.4, 0.5) is 0 Å². The standard InChI is InChI=1S/C15H35NO6Si2/c1-7-17-23(18-8-2,19-9-3)15(13-14-16)24(20-10-4,21-11-5)22-12-6/h14-16H,7-13H2,1-6H3. The van der Waals surface area contributed by atoms with Gasteiger partial charge < -0.3 is 32.0 Å². The largest absolute Gasteiger partial charge is 0.509 e. The minimum Gasteiger partial charge on any atom is -0.374 e. The molecule has 0 radical (unpaired) electrons. The molecule has 0 bridgehead atoms. The van der Waals surface area contributed by atoms with Crippen LogP contribution >= 0.6 is 0 Å². The van der Waals surface area contributed by atoms with Crippen molar-refractivity contribution in [1.29, 1.82) is 5.41 Å². The first-order chi connectivity index (χ1) is 11.6. The van der Waals surface area contributed by atoms with Gasteiger partial charge in [-0.15, -0.1) is 0 Å². The first-order valence-electron chi connectivity index (χ1n) is 8.88. The lowest BCUT2D eigenvalue weighted by atomic mass is 10.5. The van der Waals surface area contributed by atoms with Gasteiger partial charge in [0, 0.05) is 39.6 Å². The van der Waals surface area contributed by atoms with E-state index in [1.165, 1.54) is 6.21 Å². The molecule has 0 aromatic carbocycles. The molecule has 0 aromatic rings. The quantitative estimate of drug-likeness (QED) is 0.327. The van der Waals surface area contributed by atoms with E-state index < -0.39 is 17.6 Å². The fourth-order valence-corrected chi connectivity index (χ4v) is 10.9. The summed E-state index contributed by atoms with van der Waals surface area (Å²) in [6.45, 7) is 14.2. The van der Waals surface area contributed by atoms with E-state index in [-0.39, 0.29) is 5.16 Å². The maximum Gasteiger partial charge on any atom is 0.509 e. The van der Waals surface area contributed by atoms with Gasteiger partial charge in [-0.3, -0.25) is 0 Å². The van der Waals surface area contributed by atoms with E-state index in [4.69, 9.17) is 32.0 Å². The zero-order valence-electron chi connectivity index (χ0n) is 16.1. The van der Waals surface area contributed by atoms with Crippen molar-refractivity contribution in [2.24, 2.45) is 0 Å². The van der Waals surface area contributed by atoms with Gasteiger partial charge in [0.05, 0.1) is 0 Å². The molecule has 7 nitrogen and oxygen atoms in total. The van der Waals surface area contributed by atoms with Crippen molar-refractivity contribution in [3.8, 4) is 0 Å². The maximum absolute atomic E-state index is 7.67. The smallest absolute Gasteiger partial charge is 0.374 e. The Hall–Kier alpha value is -0.136. The Morgan fingerprint density at radius 1 is 0.625 bits per heavy atom. The van der Waals surface area contributed by atoms with Crippen LogP contribution in [0.15, 0.2) is 0 Å². The molecule has 0 unspecified atom stereocenters. The molecule has 24 heavy (non-hydrogen) atoms. The normalized spacial score (nSPS) is 12.8. The second-order valence-electron chi connectivity index (χ2n) is 4.80. The second-order valence-corrected chi connectivity index (χ2v) is 10.9. The minimum atomic E-state index is -3.16. The van der Waals surface area contributed by atoms with Crippen LogP contribution in [0.25, 0.3) is 0 Å². The summed E-state index contributed by atoms with van der Waals surface area (Å²) in [7, 11) is -6.32. The Labute approximate surface area is 149 Å². The van der Waals surface area contributed by atoms with Gasteiger partial charge >= 0.3 is 17.6 Å². The number of rotatable bonds is 16. The third-order valence-electron chi connectivity index (χ3n) is 3.28. The third-order valence-corrected chi connectivity index (χ3v) is 11.7. The Balaban J connectivity index is 6.09. The van der Waals surface area contributed by atoms with Crippen LogP contribution in [0.3, 0.4) is 0 Å². The molecule has 0 saturated carbocycles. The summed E-state index contributed by atoms with van der Waals surface area (Å²) in [5.41, 5.74) is 0. The van der Waals surface area contributed by atoms with Gasteiger partial charge in [-0.2, -0.15) is 0 Å². The molecule has 0 aliphatic rings. The number of hydrogen-bond donors (Lipinski definition) is 1. The molecule has 0 aliphatic heterocycles. The highest BCUT2D eigenvalue weighted by Gasteiger charge is 2.65. The van der Waals surface area contributed by atoms with Crippen LogP contribution in [-0.4, -0.2) is 63.5 Å². The Morgan fingerprint density at radius 3 is 1.04 bits per heavy atom. The summed E-state index contributed by atoms with van der Waals surface area (Å²) in [5.74, 6) is 0. The molecule has 0 spiro atoms. The Kier molecular flexibility index (Phi) is 13.0. The van der Waals surface area contributed by atoms with Gasteiger partial charge in [0.25, 0.3) is 0 Å². The molecule has 0 aliphatic carbocycles. The van der Waals surface area contributed by atoms with E-state index in [1.54, 1.807) is 0 Å². The van der Waals surface area contributed by atoms with Crippen molar-refractivity contribution in [3.05, 3.63) is 0 Å². The second kappa shape index (κ2) is 13.1. The van der Waals surface area contributed by atoms with E-state index in [1.807, 2.05) is 41.5 Å². The predicted octanol–water partition coefficient (Wildman–Crippen LogP) is 3.03. The van der Waals surface area contributed by atoms with Crippen molar-refractivity contribution >= 4 is 23.8 Å². The van der Waals surface area contributed by atoms with Gasteiger partial charge in [0.2, 0.25) is 0 Å². The Morgan fingerprint density at radius 2 is 0.875 bits per heavy atom. The molecule has 0 atom stereocenters. The average Bonchev–Trinajstić information content (AvgIpc) is 2.54. The third kappa shape index (κ3) is 6.30. The molecule has 0 fully saturated rings. The number of nitrogens with one attached hydrogen (secondary N) is 1. The first kappa shape index (κ1) is 23.9. The van der Waals surface area contributed by atoms with Gasteiger partial charge in [0.1, 0.15) is 5.16 Å². The van der Waals surface area contributed by atoms with E-state index in [0.29, 0.717) is 46.1 Å². The van der Waals surface area contributed by atoms with Crippen LogP contribution in [0.2, 0.25) is 5.16 Å². The summed E-state index contributed by atoms with van der Waals surface area (Å²) < 4.78 is 36.3. The highest BCUT2D eigenvalue weighted by Crippen LogP contribution is 2.39. The molecular formula is C15H35NO6Si2. The van der Waals surface area contributed by atoms with E-state index in [9.17, 15) is 0 Å². The first-order valence-corrected chi connectivity index (χ1v) is 12.5. The lowest BCUT2D eigenvalue weighted by molar-refractivity contribution is 0.0335. The van der Waals surface area contributed by atoms with Gasteiger partial charge in [-0.1, -0.05) is 0 Å². The lowest BCUT2D eigenvalue weighted by Gasteiger charge is -2.42. The highest BCUT2D eigenvalue weighted by atomic mass is 28.5. The fraction of sp³-hybridized carbons (Fsp3) is 0.933. The SMILES string of the molecule is CCO[Si](OCC)(OCC)C(CC=N)[Si](OCC)(OCC)OCC. The van der Waals surface area contributed by atoms with Crippen molar-refractivity contribution in [1.82, 2.24) is 0 Å². The molecule has 144 valence electrons. The molecule has 0 saturated heterocycles. The summed E-state index contributed by atoms with van der Waals surface area (Å²) in [5, 5.41) is 7.31. The minimum absolute atomic E-state index is 0.359. The van der Waals surface area contributed by atoms with Gasteiger partial charge in [-0.25, -0.2) is 0 Å². The predicted molar refractivity (Wildman–Crippen MR) is 98.4 cm³/mol. The van der Waals surface area contributed by atoms with Crippen molar-refractivity contribution in [2.45, 2.75) is 53.1 Å². The molecule has 1 N–H and O–H groups in total. The highest BCUT2D eigenvalue weighted by molar-refractivity contribution is 6.82. The monoisotopic (exact) mass is 381 g/mol. The van der Waals surface area contributed by atoms with E-state index in [2.05, 4.69) is 0 Å². The van der Waals surface area contributed by atoms with Crippen LogP contribution in [-0.2, 0) is 26.6 Å². The zero-order valence-corrected chi connectivity index (χ0v) is 18.1. The van der Waals surface area contributed by atoms with Crippen LogP contribution in [0.5, 0.6) is 0 Å². The van der Waals surface area contributed by atoms with Crippen molar-refractivity contribution < 1.29 is 26.6 Å². The van der Waals surface area contributed by atoms with Gasteiger partial charge in [0.15, 0.2) is 0 Å². The fourth-order valence-electron chi connectivity index (χ4n) is 2.68. The summed E-state index contributed by atoms with van der Waals surface area (Å²) in [6.07, 6.45) is 1.71. The zero-order chi connectivity index (χ0) is 18.5.